The molecule has 0 saturated carbocycles. The molecule has 1 aromatic rings. The highest BCUT2D eigenvalue weighted by Gasteiger charge is 2.54. The number of rotatable bonds is 2. The molecule has 120 valence electrons. The molecule has 0 aliphatic carbocycles. The van der Waals surface area contributed by atoms with Crippen LogP contribution in [0.15, 0.2) is 28.0 Å². The standard InChI is InChI=1S/C8H3F6IO4S2/c9-7(10,11)20(16,17)5-3-1-2-4(15)6(5)21(18,19)8(12,13)14/h1-3H. The Hall–Kier alpha value is -0.570. The molecule has 1 aromatic carbocycles. The lowest BCUT2D eigenvalue weighted by atomic mass is 10.4. The Morgan fingerprint density at radius 3 is 1.62 bits per heavy atom. The van der Waals surface area contributed by atoms with Crippen LogP contribution in [0.5, 0.6) is 0 Å². The third-order valence-corrected chi connectivity index (χ3v) is 6.61. The van der Waals surface area contributed by atoms with Crippen LogP contribution in [-0.4, -0.2) is 27.9 Å². The van der Waals surface area contributed by atoms with Crippen molar-refractivity contribution in [1.82, 2.24) is 0 Å². The van der Waals surface area contributed by atoms with Crippen LogP contribution in [-0.2, 0) is 19.7 Å². The van der Waals surface area contributed by atoms with Gasteiger partial charge in [0.25, 0.3) is 19.7 Å². The normalized spacial score (nSPS) is 14.2. The third-order valence-electron chi connectivity index (χ3n) is 2.10. The molecule has 0 unspecified atom stereocenters. The van der Waals surface area contributed by atoms with Gasteiger partial charge in [-0.25, -0.2) is 16.8 Å². The summed E-state index contributed by atoms with van der Waals surface area (Å²) in [7, 11) is -12.5. The average molecular weight is 468 g/mol. The summed E-state index contributed by atoms with van der Waals surface area (Å²) in [5.41, 5.74) is -11.9. The second-order valence-electron chi connectivity index (χ2n) is 3.47. The average Bonchev–Trinajstić information content (AvgIpc) is 2.24. The van der Waals surface area contributed by atoms with Crippen LogP contribution < -0.4 is 0 Å². The largest absolute Gasteiger partial charge is 0.501 e. The summed E-state index contributed by atoms with van der Waals surface area (Å²) in [6.45, 7) is 0. The number of benzene rings is 1. The Morgan fingerprint density at radius 1 is 0.810 bits per heavy atom. The van der Waals surface area contributed by atoms with Crippen molar-refractivity contribution in [3.63, 3.8) is 0 Å². The highest BCUT2D eigenvalue weighted by Crippen LogP contribution is 2.40. The Labute approximate surface area is 128 Å². The van der Waals surface area contributed by atoms with Crippen LogP contribution in [0.2, 0.25) is 0 Å². The Balaban J connectivity index is 3.90. The van der Waals surface area contributed by atoms with Crippen molar-refractivity contribution in [2.75, 3.05) is 0 Å². The lowest BCUT2D eigenvalue weighted by Gasteiger charge is -2.15. The van der Waals surface area contributed by atoms with Gasteiger partial charge in [0, 0.05) is 3.57 Å². The van der Waals surface area contributed by atoms with Crippen LogP contribution in [0.4, 0.5) is 26.3 Å². The highest BCUT2D eigenvalue weighted by atomic mass is 127. The van der Waals surface area contributed by atoms with Gasteiger partial charge in [-0.2, -0.15) is 26.3 Å². The highest BCUT2D eigenvalue weighted by molar-refractivity contribution is 14.1. The molecule has 0 atom stereocenters. The van der Waals surface area contributed by atoms with Gasteiger partial charge >= 0.3 is 11.0 Å². The van der Waals surface area contributed by atoms with Crippen molar-refractivity contribution in [3.05, 3.63) is 21.8 Å². The van der Waals surface area contributed by atoms with Gasteiger partial charge in [0.05, 0.1) is 4.90 Å². The van der Waals surface area contributed by atoms with Crippen LogP contribution >= 0.6 is 22.6 Å². The molecule has 4 nitrogen and oxygen atoms in total. The quantitative estimate of drug-likeness (QED) is 0.495. The van der Waals surface area contributed by atoms with E-state index in [4.69, 9.17) is 0 Å². The van der Waals surface area contributed by atoms with E-state index in [9.17, 15) is 43.2 Å². The molecule has 0 radical (unpaired) electrons. The molecule has 0 saturated heterocycles. The van der Waals surface area contributed by atoms with Crippen LogP contribution in [0.3, 0.4) is 0 Å². The molecule has 1 rings (SSSR count). The number of sulfone groups is 2. The van der Waals surface area contributed by atoms with E-state index in [1.807, 2.05) is 0 Å². The van der Waals surface area contributed by atoms with E-state index in [1.54, 1.807) is 0 Å². The lowest BCUT2D eigenvalue weighted by molar-refractivity contribution is -0.0456. The fourth-order valence-electron chi connectivity index (χ4n) is 1.20. The molecule has 0 heterocycles. The molecular weight excluding hydrogens is 465 g/mol. The van der Waals surface area contributed by atoms with Gasteiger partial charge in [-0.15, -0.1) is 0 Å². The maximum atomic E-state index is 12.5. The minimum absolute atomic E-state index is 0.156. The minimum Gasteiger partial charge on any atom is -0.214 e. The van der Waals surface area contributed by atoms with E-state index in [1.165, 1.54) is 0 Å². The first-order valence-corrected chi connectivity index (χ1v) is 8.60. The molecule has 0 aliphatic heterocycles. The molecule has 13 heteroatoms. The van der Waals surface area contributed by atoms with Gasteiger partial charge < -0.3 is 0 Å². The smallest absolute Gasteiger partial charge is 0.214 e. The topological polar surface area (TPSA) is 68.3 Å². The second kappa shape index (κ2) is 5.26. The summed E-state index contributed by atoms with van der Waals surface area (Å²) < 4.78 is 119. The third kappa shape index (κ3) is 3.13. The molecule has 0 amide bonds. The van der Waals surface area contributed by atoms with Crippen molar-refractivity contribution in [2.45, 2.75) is 20.8 Å². The second-order valence-corrected chi connectivity index (χ2v) is 8.42. The summed E-state index contributed by atoms with van der Waals surface area (Å²) >= 11 is 1.01. The number of hydrogen-bond acceptors (Lipinski definition) is 4. The summed E-state index contributed by atoms with van der Waals surface area (Å²) in [5.74, 6) is 0. The molecule has 0 spiro atoms. The van der Waals surface area contributed by atoms with Gasteiger partial charge in [0.1, 0.15) is 4.90 Å². The molecule has 0 fully saturated rings. The number of hydrogen-bond donors (Lipinski definition) is 0. The van der Waals surface area contributed by atoms with E-state index < -0.39 is 44.1 Å². The van der Waals surface area contributed by atoms with Crippen molar-refractivity contribution in [1.29, 1.82) is 0 Å². The Kier molecular flexibility index (Phi) is 4.63. The summed E-state index contributed by atoms with van der Waals surface area (Å²) in [6, 6.07) is 1.61. The predicted molar refractivity (Wildman–Crippen MR) is 65.6 cm³/mol. The van der Waals surface area contributed by atoms with Gasteiger partial charge in [0.2, 0.25) is 0 Å². The van der Waals surface area contributed by atoms with Gasteiger partial charge in [-0.3, -0.25) is 0 Å². The summed E-state index contributed by atoms with van der Waals surface area (Å²) in [5, 5.41) is 0. The van der Waals surface area contributed by atoms with Crippen LogP contribution in [0.1, 0.15) is 0 Å². The fraction of sp³-hybridized carbons (Fsp3) is 0.250. The van der Waals surface area contributed by atoms with E-state index in [0.717, 1.165) is 28.7 Å². The van der Waals surface area contributed by atoms with E-state index >= 15 is 0 Å². The predicted octanol–water partition coefficient (Wildman–Crippen LogP) is 2.88. The van der Waals surface area contributed by atoms with Crippen LogP contribution in [0.25, 0.3) is 0 Å². The van der Waals surface area contributed by atoms with Crippen molar-refractivity contribution in [3.8, 4) is 0 Å². The molecular formula is C8H3F6IO4S2. The zero-order valence-electron chi connectivity index (χ0n) is 9.33. The minimum atomic E-state index is -6.27. The summed E-state index contributed by atoms with van der Waals surface area (Å²) in [6.07, 6.45) is 0. The maximum Gasteiger partial charge on any atom is 0.501 e. The Morgan fingerprint density at radius 2 is 1.24 bits per heavy atom. The molecule has 0 aromatic heterocycles. The summed E-state index contributed by atoms with van der Waals surface area (Å²) in [4.78, 5) is -3.89. The van der Waals surface area contributed by atoms with Crippen molar-refractivity contribution in [2.24, 2.45) is 0 Å². The van der Waals surface area contributed by atoms with Crippen molar-refractivity contribution < 1.29 is 43.2 Å². The monoisotopic (exact) mass is 468 g/mol. The maximum absolute atomic E-state index is 12.5. The first-order chi connectivity index (χ1) is 9.14. The van der Waals surface area contributed by atoms with Gasteiger partial charge in [-0.05, 0) is 34.7 Å². The van der Waals surface area contributed by atoms with Crippen LogP contribution in [0, 0.1) is 3.57 Å². The molecule has 21 heavy (non-hydrogen) atoms. The molecule has 0 bridgehead atoms. The van der Waals surface area contributed by atoms with Crippen molar-refractivity contribution >= 4 is 42.3 Å². The van der Waals surface area contributed by atoms with E-state index in [2.05, 4.69) is 0 Å². The first kappa shape index (κ1) is 18.5. The van der Waals surface area contributed by atoms with E-state index in [0.29, 0.717) is 6.07 Å². The van der Waals surface area contributed by atoms with Gasteiger partial charge in [-0.1, -0.05) is 6.07 Å². The number of alkyl halides is 6. The zero-order chi connectivity index (χ0) is 16.9. The SMILES string of the molecule is O=S(=O)(c1cccc(I)c1S(=O)(=O)C(F)(F)F)C(F)(F)F. The lowest BCUT2D eigenvalue weighted by Crippen LogP contribution is -2.30. The number of halogens is 7. The fourth-order valence-corrected chi connectivity index (χ4v) is 5.16. The molecule has 0 aliphatic rings. The Bertz CT molecular complexity index is 763. The molecule has 0 N–H and O–H groups in total. The van der Waals surface area contributed by atoms with E-state index in [-0.39, 0.29) is 6.07 Å². The first-order valence-electron chi connectivity index (χ1n) is 4.55. The zero-order valence-corrected chi connectivity index (χ0v) is 13.1. The van der Waals surface area contributed by atoms with Gasteiger partial charge in [0.15, 0.2) is 0 Å².